The van der Waals surface area contributed by atoms with Gasteiger partial charge in [-0.1, -0.05) is 0 Å². The lowest BCUT2D eigenvalue weighted by Crippen LogP contribution is -2.16. The third kappa shape index (κ3) is 2.04. The molecule has 1 saturated carbocycles. The van der Waals surface area contributed by atoms with Crippen LogP contribution in [0.1, 0.15) is 32.6 Å². The van der Waals surface area contributed by atoms with Crippen molar-refractivity contribution < 1.29 is 5.11 Å². The molecule has 0 bridgehead atoms. The van der Waals surface area contributed by atoms with Crippen LogP contribution >= 0.6 is 0 Å². The average molecular weight is 138 g/mol. The minimum absolute atomic E-state index is 0.0464. The van der Waals surface area contributed by atoms with E-state index in [1.807, 2.05) is 6.92 Å². The van der Waals surface area contributed by atoms with E-state index in [2.05, 4.69) is 11.8 Å². The van der Waals surface area contributed by atoms with Crippen LogP contribution in [0.25, 0.3) is 0 Å². The first kappa shape index (κ1) is 7.63. The summed E-state index contributed by atoms with van der Waals surface area (Å²) in [6.45, 7) is 1.88. The van der Waals surface area contributed by atoms with Gasteiger partial charge in [0.05, 0.1) is 6.10 Å². The predicted octanol–water partition coefficient (Wildman–Crippen LogP) is 1.56. The zero-order chi connectivity index (χ0) is 7.40. The quantitative estimate of drug-likeness (QED) is 0.504. The summed E-state index contributed by atoms with van der Waals surface area (Å²) in [6, 6.07) is 0. The summed E-state index contributed by atoms with van der Waals surface area (Å²) in [5, 5.41) is 9.15. The molecule has 10 heavy (non-hydrogen) atoms. The minimum atomic E-state index is -0.0464. The Kier molecular flexibility index (Phi) is 2.77. The van der Waals surface area contributed by atoms with Crippen molar-refractivity contribution in [3.8, 4) is 11.8 Å². The number of aliphatic hydroxyl groups excluding tert-OH is 1. The highest BCUT2D eigenvalue weighted by atomic mass is 16.3. The van der Waals surface area contributed by atoms with Crippen molar-refractivity contribution in [2.24, 2.45) is 5.92 Å². The Balaban J connectivity index is 2.30. The molecular formula is C9H14O. The smallest absolute Gasteiger partial charge is 0.0541 e. The number of aliphatic hydroxyl groups is 1. The summed E-state index contributed by atoms with van der Waals surface area (Å²) in [7, 11) is 0. The van der Waals surface area contributed by atoms with E-state index in [4.69, 9.17) is 5.11 Å². The molecule has 0 heterocycles. The van der Waals surface area contributed by atoms with Gasteiger partial charge in [-0.25, -0.2) is 0 Å². The summed E-state index contributed by atoms with van der Waals surface area (Å²) in [4.78, 5) is 0. The topological polar surface area (TPSA) is 20.2 Å². The molecule has 0 amide bonds. The second kappa shape index (κ2) is 3.63. The van der Waals surface area contributed by atoms with Gasteiger partial charge in [0.1, 0.15) is 0 Å². The molecule has 1 N–H and O–H groups in total. The maximum absolute atomic E-state index is 9.15. The van der Waals surface area contributed by atoms with Crippen molar-refractivity contribution in [3.63, 3.8) is 0 Å². The van der Waals surface area contributed by atoms with Gasteiger partial charge in [0.2, 0.25) is 0 Å². The van der Waals surface area contributed by atoms with E-state index in [9.17, 15) is 0 Å². The van der Waals surface area contributed by atoms with E-state index in [0.717, 1.165) is 25.7 Å². The Bertz CT molecular complexity index is 144. The number of rotatable bonds is 0. The normalized spacial score (nSPS) is 32.6. The lowest BCUT2D eigenvalue weighted by atomic mass is 9.88. The third-order valence-electron chi connectivity index (χ3n) is 2.05. The van der Waals surface area contributed by atoms with Gasteiger partial charge in [-0.2, -0.15) is 0 Å². The fourth-order valence-corrected chi connectivity index (χ4v) is 1.42. The van der Waals surface area contributed by atoms with Crippen molar-refractivity contribution in [1.82, 2.24) is 0 Å². The molecule has 0 radical (unpaired) electrons. The summed E-state index contributed by atoms with van der Waals surface area (Å²) in [5.41, 5.74) is 0. The van der Waals surface area contributed by atoms with Gasteiger partial charge >= 0.3 is 0 Å². The average Bonchev–Trinajstić information content (AvgIpc) is 1.95. The molecule has 1 rings (SSSR count). The highest BCUT2D eigenvalue weighted by Crippen LogP contribution is 2.23. The predicted molar refractivity (Wildman–Crippen MR) is 41.4 cm³/mol. The van der Waals surface area contributed by atoms with Crippen LogP contribution in [0.5, 0.6) is 0 Å². The third-order valence-corrected chi connectivity index (χ3v) is 2.05. The van der Waals surface area contributed by atoms with Gasteiger partial charge in [0, 0.05) is 5.92 Å². The molecule has 0 aromatic heterocycles. The van der Waals surface area contributed by atoms with Crippen LogP contribution in [0.4, 0.5) is 0 Å². The molecule has 0 unspecified atom stereocenters. The van der Waals surface area contributed by atoms with Gasteiger partial charge in [-0.05, 0) is 32.6 Å². The molecule has 0 spiro atoms. The number of hydrogen-bond donors (Lipinski definition) is 1. The molecule has 0 aliphatic heterocycles. The van der Waals surface area contributed by atoms with Crippen molar-refractivity contribution >= 4 is 0 Å². The van der Waals surface area contributed by atoms with E-state index in [1.54, 1.807) is 0 Å². The van der Waals surface area contributed by atoms with Crippen molar-refractivity contribution in [2.75, 3.05) is 0 Å². The number of hydrogen-bond acceptors (Lipinski definition) is 1. The van der Waals surface area contributed by atoms with Crippen LogP contribution in [-0.2, 0) is 0 Å². The molecule has 1 fully saturated rings. The zero-order valence-corrected chi connectivity index (χ0v) is 6.43. The fraction of sp³-hybridized carbons (Fsp3) is 0.778. The molecule has 1 nitrogen and oxygen atoms in total. The van der Waals surface area contributed by atoms with Crippen LogP contribution in [0.2, 0.25) is 0 Å². The van der Waals surface area contributed by atoms with Crippen LogP contribution < -0.4 is 0 Å². The summed E-state index contributed by atoms with van der Waals surface area (Å²) < 4.78 is 0. The van der Waals surface area contributed by atoms with Crippen molar-refractivity contribution in [1.29, 1.82) is 0 Å². The van der Waals surface area contributed by atoms with E-state index in [0.29, 0.717) is 5.92 Å². The molecule has 0 aromatic carbocycles. The minimum Gasteiger partial charge on any atom is -0.393 e. The summed E-state index contributed by atoms with van der Waals surface area (Å²) in [5.74, 6) is 6.63. The van der Waals surface area contributed by atoms with E-state index < -0.39 is 0 Å². The summed E-state index contributed by atoms with van der Waals surface area (Å²) in [6.07, 6.45) is 4.01. The van der Waals surface area contributed by atoms with Crippen LogP contribution in [-0.4, -0.2) is 11.2 Å². The monoisotopic (exact) mass is 138 g/mol. The Labute approximate surface area is 62.4 Å². The van der Waals surface area contributed by atoms with Crippen LogP contribution in [0.3, 0.4) is 0 Å². The molecule has 1 aliphatic rings. The second-order valence-electron chi connectivity index (χ2n) is 2.90. The zero-order valence-electron chi connectivity index (χ0n) is 6.43. The second-order valence-corrected chi connectivity index (χ2v) is 2.90. The Morgan fingerprint density at radius 3 is 2.30 bits per heavy atom. The van der Waals surface area contributed by atoms with Gasteiger partial charge in [0.15, 0.2) is 0 Å². The van der Waals surface area contributed by atoms with E-state index >= 15 is 0 Å². The highest BCUT2D eigenvalue weighted by molar-refractivity contribution is 5.02. The molecular weight excluding hydrogens is 124 g/mol. The maximum Gasteiger partial charge on any atom is 0.0541 e. The molecule has 1 heteroatoms. The fourth-order valence-electron chi connectivity index (χ4n) is 1.42. The van der Waals surface area contributed by atoms with Gasteiger partial charge in [-0.3, -0.25) is 0 Å². The first-order chi connectivity index (χ1) is 4.83. The Hall–Kier alpha value is -0.480. The first-order valence-corrected chi connectivity index (χ1v) is 3.93. The Morgan fingerprint density at radius 2 is 1.80 bits per heavy atom. The lowest BCUT2D eigenvalue weighted by Gasteiger charge is -2.20. The van der Waals surface area contributed by atoms with Crippen LogP contribution in [0, 0.1) is 17.8 Å². The van der Waals surface area contributed by atoms with Crippen molar-refractivity contribution in [2.45, 2.75) is 38.7 Å². The van der Waals surface area contributed by atoms with Crippen LogP contribution in [0.15, 0.2) is 0 Å². The van der Waals surface area contributed by atoms with Gasteiger partial charge < -0.3 is 5.11 Å². The van der Waals surface area contributed by atoms with Gasteiger partial charge in [-0.15, -0.1) is 11.8 Å². The molecule has 1 aliphatic carbocycles. The Morgan fingerprint density at radius 1 is 1.20 bits per heavy atom. The standard InChI is InChI=1S/C9H14O/c1-2-3-8-4-6-9(10)7-5-8/h8-10H,4-7H2,1H3. The largest absolute Gasteiger partial charge is 0.393 e. The highest BCUT2D eigenvalue weighted by Gasteiger charge is 2.16. The lowest BCUT2D eigenvalue weighted by molar-refractivity contribution is 0.119. The molecule has 56 valence electrons. The van der Waals surface area contributed by atoms with Crippen molar-refractivity contribution in [3.05, 3.63) is 0 Å². The maximum atomic E-state index is 9.15. The first-order valence-electron chi connectivity index (χ1n) is 3.93. The molecule has 0 aromatic rings. The molecule has 0 saturated heterocycles. The molecule has 0 atom stereocenters. The van der Waals surface area contributed by atoms with E-state index in [1.165, 1.54) is 0 Å². The van der Waals surface area contributed by atoms with E-state index in [-0.39, 0.29) is 6.10 Å². The SMILES string of the molecule is CC#CC1CCC(O)CC1. The van der Waals surface area contributed by atoms with Gasteiger partial charge in [0.25, 0.3) is 0 Å². The summed E-state index contributed by atoms with van der Waals surface area (Å²) >= 11 is 0.